The summed E-state index contributed by atoms with van der Waals surface area (Å²) in [6.45, 7) is 7.19. The first-order chi connectivity index (χ1) is 16.6. The lowest BCUT2D eigenvalue weighted by Gasteiger charge is -2.35. The molecule has 0 unspecified atom stereocenters. The van der Waals surface area contributed by atoms with Crippen LogP contribution in [0.1, 0.15) is 56.8 Å². The van der Waals surface area contributed by atoms with Crippen LogP contribution < -0.4 is 14.9 Å². The minimum Gasteiger partial charge on any atom is -0.371 e. The van der Waals surface area contributed by atoms with Gasteiger partial charge in [-0.2, -0.15) is 0 Å². The fraction of sp³-hybridized carbons (Fsp3) is 0.500. The molecule has 1 saturated carbocycles. The van der Waals surface area contributed by atoms with Crippen molar-refractivity contribution in [3.05, 3.63) is 48.0 Å². The van der Waals surface area contributed by atoms with Crippen molar-refractivity contribution < 1.29 is 21.6 Å². The molecule has 2 N–H and O–H groups in total. The molecule has 1 aliphatic heterocycles. The summed E-state index contributed by atoms with van der Waals surface area (Å²) in [6, 6.07) is 11.2. The van der Waals surface area contributed by atoms with Gasteiger partial charge < -0.3 is 10.2 Å². The Balaban J connectivity index is 1.61. The maximum Gasteiger partial charge on any atom is 0.257 e. The SMILES string of the molecule is CC(C)(C)CS(=O)(=O)c1cccc(NC(=O)c2ccc(NS(C)(=O)=O)cc2N2CCC3(CC2)CC3)c1. The highest BCUT2D eigenvalue weighted by Crippen LogP contribution is 2.54. The summed E-state index contributed by atoms with van der Waals surface area (Å²) in [5, 5.41) is 2.84. The molecule has 0 atom stereocenters. The number of carbonyl (C=O) groups excluding carboxylic acids is 1. The first-order valence-electron chi connectivity index (χ1n) is 12.2. The molecule has 0 radical (unpaired) electrons. The van der Waals surface area contributed by atoms with Crippen LogP contribution in [0.5, 0.6) is 0 Å². The van der Waals surface area contributed by atoms with Crippen LogP contribution in [-0.4, -0.2) is 47.8 Å². The molecule has 4 rings (SSSR count). The Morgan fingerprint density at radius 1 is 0.944 bits per heavy atom. The van der Waals surface area contributed by atoms with E-state index in [1.165, 1.54) is 25.0 Å². The van der Waals surface area contributed by atoms with E-state index in [4.69, 9.17) is 0 Å². The van der Waals surface area contributed by atoms with Crippen molar-refractivity contribution in [2.75, 3.05) is 40.0 Å². The number of carbonyl (C=O) groups is 1. The Labute approximate surface area is 214 Å². The van der Waals surface area contributed by atoms with E-state index in [0.29, 0.717) is 28.0 Å². The summed E-state index contributed by atoms with van der Waals surface area (Å²) in [6.07, 6.45) is 5.68. The van der Waals surface area contributed by atoms with E-state index >= 15 is 0 Å². The van der Waals surface area contributed by atoms with Crippen molar-refractivity contribution in [2.45, 2.75) is 51.3 Å². The van der Waals surface area contributed by atoms with Crippen LogP contribution in [0.15, 0.2) is 47.4 Å². The molecule has 36 heavy (non-hydrogen) atoms. The number of amides is 1. The first kappa shape index (κ1) is 26.5. The first-order valence-corrected chi connectivity index (χ1v) is 15.7. The number of hydrogen-bond acceptors (Lipinski definition) is 6. The van der Waals surface area contributed by atoms with Crippen LogP contribution in [0.25, 0.3) is 0 Å². The van der Waals surface area contributed by atoms with Crippen molar-refractivity contribution in [1.82, 2.24) is 0 Å². The second kappa shape index (κ2) is 9.37. The highest BCUT2D eigenvalue weighted by atomic mass is 32.2. The molecular weight excluding hydrogens is 498 g/mol. The summed E-state index contributed by atoms with van der Waals surface area (Å²) in [5.41, 5.74) is 1.89. The van der Waals surface area contributed by atoms with Gasteiger partial charge in [0.1, 0.15) is 0 Å². The molecule has 1 saturated heterocycles. The maximum atomic E-state index is 13.4. The fourth-order valence-electron chi connectivity index (χ4n) is 4.78. The van der Waals surface area contributed by atoms with Gasteiger partial charge in [0.2, 0.25) is 10.0 Å². The van der Waals surface area contributed by atoms with E-state index in [1.54, 1.807) is 30.3 Å². The summed E-state index contributed by atoms with van der Waals surface area (Å²) in [5.74, 6) is -0.389. The van der Waals surface area contributed by atoms with E-state index in [-0.39, 0.29) is 16.6 Å². The number of sulfone groups is 1. The van der Waals surface area contributed by atoms with Gasteiger partial charge in [-0.3, -0.25) is 9.52 Å². The molecule has 1 aliphatic carbocycles. The third-order valence-electron chi connectivity index (χ3n) is 6.74. The standard InChI is InChI=1S/C26H35N3O5S2/c1-25(2,3)18-36(33,34)21-7-5-6-19(16-21)27-24(30)22-9-8-20(28-35(4,31)32)17-23(22)29-14-12-26(10-11-26)13-15-29/h5-9,16-17,28H,10-15,18H2,1-4H3,(H,27,30). The highest BCUT2D eigenvalue weighted by molar-refractivity contribution is 7.92. The maximum absolute atomic E-state index is 13.4. The zero-order valence-electron chi connectivity index (χ0n) is 21.3. The van der Waals surface area contributed by atoms with Crippen LogP contribution in [-0.2, 0) is 19.9 Å². The molecule has 2 aliphatic rings. The summed E-state index contributed by atoms with van der Waals surface area (Å²) >= 11 is 0. The van der Waals surface area contributed by atoms with Gasteiger partial charge >= 0.3 is 0 Å². The predicted molar refractivity (Wildman–Crippen MR) is 144 cm³/mol. The fourth-order valence-corrected chi connectivity index (χ4v) is 7.24. The molecule has 0 bridgehead atoms. The van der Waals surface area contributed by atoms with E-state index in [2.05, 4.69) is 14.9 Å². The number of rotatable bonds is 7. The lowest BCUT2D eigenvalue weighted by Crippen LogP contribution is -2.35. The second-order valence-corrected chi connectivity index (χ2v) is 15.1. The minimum atomic E-state index is -3.52. The second-order valence-electron chi connectivity index (χ2n) is 11.4. The summed E-state index contributed by atoms with van der Waals surface area (Å²) < 4.78 is 51.8. The lowest BCUT2D eigenvalue weighted by atomic mass is 9.93. The molecule has 2 aromatic rings. The molecule has 10 heteroatoms. The number of sulfonamides is 1. The highest BCUT2D eigenvalue weighted by Gasteiger charge is 2.44. The van der Waals surface area contributed by atoms with E-state index < -0.39 is 25.3 Å². The molecule has 2 fully saturated rings. The van der Waals surface area contributed by atoms with E-state index in [9.17, 15) is 21.6 Å². The van der Waals surface area contributed by atoms with E-state index in [1.807, 2.05) is 20.8 Å². The Morgan fingerprint density at radius 3 is 2.19 bits per heavy atom. The molecule has 2 aromatic carbocycles. The van der Waals surface area contributed by atoms with Crippen molar-refractivity contribution in [1.29, 1.82) is 0 Å². The minimum absolute atomic E-state index is 0.00715. The molecule has 196 valence electrons. The zero-order valence-corrected chi connectivity index (χ0v) is 22.9. The Kier molecular flexibility index (Phi) is 6.89. The third-order valence-corrected chi connectivity index (χ3v) is 9.57. The number of piperidine rings is 1. The van der Waals surface area contributed by atoms with Gasteiger partial charge in [0.05, 0.1) is 33.8 Å². The number of nitrogens with one attached hydrogen (secondary N) is 2. The van der Waals surface area contributed by atoms with Crippen molar-refractivity contribution >= 4 is 42.8 Å². The normalized spacial score (nSPS) is 17.6. The molecule has 0 aromatic heterocycles. The van der Waals surface area contributed by atoms with Gasteiger partial charge in [-0.1, -0.05) is 26.8 Å². The van der Waals surface area contributed by atoms with Crippen LogP contribution >= 0.6 is 0 Å². The number of nitrogens with zero attached hydrogens (tertiary/aromatic N) is 1. The van der Waals surface area contributed by atoms with Crippen molar-refractivity contribution in [3.63, 3.8) is 0 Å². The average molecular weight is 534 g/mol. The van der Waals surface area contributed by atoms with Crippen LogP contribution in [0.4, 0.5) is 17.1 Å². The summed E-state index contributed by atoms with van der Waals surface area (Å²) in [7, 11) is -6.99. The lowest BCUT2D eigenvalue weighted by molar-refractivity contribution is 0.102. The number of hydrogen-bond donors (Lipinski definition) is 2. The topological polar surface area (TPSA) is 113 Å². The number of benzene rings is 2. The van der Waals surface area contributed by atoms with Crippen LogP contribution in [0.3, 0.4) is 0 Å². The van der Waals surface area contributed by atoms with Crippen LogP contribution in [0.2, 0.25) is 0 Å². The predicted octanol–water partition coefficient (Wildman–Crippen LogP) is 4.51. The third kappa shape index (κ3) is 6.59. The van der Waals surface area contributed by atoms with Gasteiger partial charge in [0.15, 0.2) is 9.84 Å². The van der Waals surface area contributed by atoms with Gasteiger partial charge in [-0.15, -0.1) is 0 Å². The Bertz CT molecular complexity index is 1360. The molecule has 1 amide bonds. The molecule has 1 heterocycles. The van der Waals surface area contributed by atoms with Crippen LogP contribution in [0, 0.1) is 10.8 Å². The number of anilines is 3. The van der Waals surface area contributed by atoms with Gasteiger partial charge in [-0.05, 0) is 72.9 Å². The van der Waals surface area contributed by atoms with Gasteiger partial charge in [0, 0.05) is 18.8 Å². The largest absolute Gasteiger partial charge is 0.371 e. The zero-order chi connectivity index (χ0) is 26.4. The summed E-state index contributed by atoms with van der Waals surface area (Å²) in [4.78, 5) is 15.7. The van der Waals surface area contributed by atoms with Crippen molar-refractivity contribution in [3.8, 4) is 0 Å². The molecular formula is C26H35N3O5S2. The average Bonchev–Trinajstić information content (AvgIpc) is 3.50. The van der Waals surface area contributed by atoms with E-state index in [0.717, 1.165) is 32.2 Å². The van der Waals surface area contributed by atoms with Gasteiger partial charge in [-0.25, -0.2) is 16.8 Å². The van der Waals surface area contributed by atoms with Crippen molar-refractivity contribution in [2.24, 2.45) is 10.8 Å². The van der Waals surface area contributed by atoms with Gasteiger partial charge in [0.25, 0.3) is 5.91 Å². The Hall–Kier alpha value is -2.59. The Morgan fingerprint density at radius 2 is 1.61 bits per heavy atom. The molecule has 8 nitrogen and oxygen atoms in total. The monoisotopic (exact) mass is 533 g/mol. The smallest absolute Gasteiger partial charge is 0.257 e. The molecule has 1 spiro atoms. The quantitative estimate of drug-likeness (QED) is 0.542.